The van der Waals surface area contributed by atoms with E-state index in [1.54, 1.807) is 0 Å². The van der Waals surface area contributed by atoms with E-state index in [1.165, 1.54) is 44.1 Å². The smallest absolute Gasteiger partial charge is 0.253 e. The lowest BCUT2D eigenvalue weighted by atomic mass is 9.80. The third-order valence-corrected chi connectivity index (χ3v) is 5.90. The molecule has 148 valence electrons. The summed E-state index contributed by atoms with van der Waals surface area (Å²) in [6, 6.07) is 8.10. The van der Waals surface area contributed by atoms with E-state index < -0.39 is 0 Å². The van der Waals surface area contributed by atoms with Gasteiger partial charge in [0.2, 0.25) is 0 Å². The van der Waals surface area contributed by atoms with Crippen LogP contribution in [0.25, 0.3) is 0 Å². The van der Waals surface area contributed by atoms with Crippen molar-refractivity contribution in [3.8, 4) is 0 Å². The maximum atomic E-state index is 12.6. The van der Waals surface area contributed by atoms with Crippen molar-refractivity contribution in [1.29, 1.82) is 0 Å². The first kappa shape index (κ1) is 22.7. The Morgan fingerprint density at radius 3 is 2.08 bits per heavy atom. The summed E-state index contributed by atoms with van der Waals surface area (Å²) in [4.78, 5) is 14.6. The second kappa shape index (κ2) is 12.1. The van der Waals surface area contributed by atoms with Crippen molar-refractivity contribution in [1.82, 2.24) is 4.90 Å². The normalized spacial score (nSPS) is 20.1. The minimum atomic E-state index is 0.202. The van der Waals surface area contributed by atoms with Crippen molar-refractivity contribution < 1.29 is 4.79 Å². The fourth-order valence-corrected chi connectivity index (χ4v) is 3.46. The molecule has 0 aliphatic carbocycles. The monoisotopic (exact) mass is 359 g/mol. The number of nitrogens with zero attached hydrogens (tertiary/aromatic N) is 1. The van der Waals surface area contributed by atoms with Crippen molar-refractivity contribution in [2.24, 2.45) is 5.41 Å². The van der Waals surface area contributed by atoms with E-state index in [4.69, 9.17) is 0 Å². The Hall–Kier alpha value is -1.31. The molecule has 0 aromatic heterocycles. The summed E-state index contributed by atoms with van der Waals surface area (Å²) in [6.07, 6.45) is 11.3. The molecule has 0 radical (unpaired) electrons. The molecule has 1 atom stereocenters. The van der Waals surface area contributed by atoms with Crippen LogP contribution in [-0.4, -0.2) is 23.9 Å². The molecule has 2 heteroatoms. The maximum absolute atomic E-state index is 12.6. The SMILES string of the molecule is CCCCCC.CCc1ccc(C(=O)N2CCCC(C)(CC)CC2)cc1. The first-order valence-electron chi connectivity index (χ1n) is 10.9. The number of hydrogen-bond acceptors (Lipinski definition) is 1. The van der Waals surface area contributed by atoms with Crippen LogP contribution in [0, 0.1) is 5.41 Å². The van der Waals surface area contributed by atoms with E-state index in [2.05, 4.69) is 46.8 Å². The van der Waals surface area contributed by atoms with Crippen molar-refractivity contribution >= 4 is 5.91 Å². The fraction of sp³-hybridized carbons (Fsp3) is 0.708. The van der Waals surface area contributed by atoms with Gasteiger partial charge in [0, 0.05) is 18.7 Å². The lowest BCUT2D eigenvalue weighted by Crippen LogP contribution is -2.32. The summed E-state index contributed by atoms with van der Waals surface area (Å²) in [5, 5.41) is 0. The molecule has 0 bridgehead atoms. The maximum Gasteiger partial charge on any atom is 0.253 e. The molecule has 1 unspecified atom stereocenters. The highest BCUT2D eigenvalue weighted by atomic mass is 16.2. The quantitative estimate of drug-likeness (QED) is 0.507. The van der Waals surface area contributed by atoms with Crippen molar-refractivity contribution in [3.05, 3.63) is 35.4 Å². The number of rotatable bonds is 6. The van der Waals surface area contributed by atoms with Gasteiger partial charge < -0.3 is 4.90 Å². The molecule has 0 saturated carbocycles. The van der Waals surface area contributed by atoms with E-state index in [-0.39, 0.29) is 5.91 Å². The zero-order chi connectivity index (χ0) is 19.4. The molecule has 26 heavy (non-hydrogen) atoms. The fourth-order valence-electron chi connectivity index (χ4n) is 3.46. The summed E-state index contributed by atoms with van der Waals surface area (Å²) in [5.41, 5.74) is 2.54. The minimum absolute atomic E-state index is 0.202. The van der Waals surface area contributed by atoms with E-state index >= 15 is 0 Å². The third-order valence-electron chi connectivity index (χ3n) is 5.90. The zero-order valence-corrected chi connectivity index (χ0v) is 17.9. The molecule has 1 aromatic rings. The molecule has 0 spiro atoms. The van der Waals surface area contributed by atoms with Gasteiger partial charge in [-0.1, -0.05) is 78.9 Å². The number of carbonyl (C=O) groups is 1. The van der Waals surface area contributed by atoms with Crippen LogP contribution in [0.1, 0.15) is 102 Å². The number of unbranched alkanes of at least 4 members (excludes halogenated alkanes) is 3. The van der Waals surface area contributed by atoms with Gasteiger partial charge in [0.25, 0.3) is 5.91 Å². The molecule has 1 aliphatic rings. The lowest BCUT2D eigenvalue weighted by molar-refractivity contribution is 0.0756. The van der Waals surface area contributed by atoms with Gasteiger partial charge in [-0.25, -0.2) is 0 Å². The van der Waals surface area contributed by atoms with Gasteiger partial charge in [0.15, 0.2) is 0 Å². The van der Waals surface area contributed by atoms with Gasteiger partial charge in [-0.05, 0) is 48.8 Å². The third kappa shape index (κ3) is 7.51. The standard InChI is InChI=1S/C18H27NO.C6H14/c1-4-15-7-9-16(10-8-15)17(20)19-13-6-11-18(3,5-2)12-14-19;1-3-5-6-4-2/h7-10H,4-6,11-14H2,1-3H3;3-6H2,1-2H3. The Morgan fingerprint density at radius 1 is 0.962 bits per heavy atom. The number of amides is 1. The molecule has 1 amide bonds. The van der Waals surface area contributed by atoms with E-state index in [1.807, 2.05) is 17.0 Å². The summed E-state index contributed by atoms with van der Waals surface area (Å²) >= 11 is 0. The van der Waals surface area contributed by atoms with E-state index in [9.17, 15) is 4.79 Å². The van der Waals surface area contributed by atoms with Crippen LogP contribution in [0.4, 0.5) is 0 Å². The average Bonchev–Trinajstić information content (AvgIpc) is 2.88. The predicted octanol–water partition coefficient (Wildman–Crippen LogP) is 6.88. The average molecular weight is 360 g/mol. The molecule has 2 nitrogen and oxygen atoms in total. The van der Waals surface area contributed by atoms with Gasteiger partial charge in [0.05, 0.1) is 0 Å². The van der Waals surface area contributed by atoms with Crippen LogP contribution in [-0.2, 0) is 6.42 Å². The Labute approximate surface area is 162 Å². The van der Waals surface area contributed by atoms with Crippen LogP contribution in [0.15, 0.2) is 24.3 Å². The molecule has 1 fully saturated rings. The van der Waals surface area contributed by atoms with E-state index in [0.717, 1.165) is 37.9 Å². The minimum Gasteiger partial charge on any atom is -0.339 e. The highest BCUT2D eigenvalue weighted by Gasteiger charge is 2.28. The van der Waals surface area contributed by atoms with Gasteiger partial charge in [-0.2, -0.15) is 0 Å². The highest BCUT2D eigenvalue weighted by molar-refractivity contribution is 5.94. The molecule has 1 aliphatic heterocycles. The molecule has 1 aromatic carbocycles. The Morgan fingerprint density at radius 2 is 1.58 bits per heavy atom. The number of likely N-dealkylation sites (tertiary alicyclic amines) is 1. The molecular weight excluding hydrogens is 318 g/mol. The first-order chi connectivity index (χ1) is 12.5. The van der Waals surface area contributed by atoms with Crippen LogP contribution in [0.3, 0.4) is 0 Å². The van der Waals surface area contributed by atoms with Gasteiger partial charge in [-0.3, -0.25) is 4.79 Å². The molecular formula is C24H41NO. The summed E-state index contributed by atoms with van der Waals surface area (Å²) in [6.45, 7) is 13.0. The second-order valence-electron chi connectivity index (χ2n) is 8.07. The second-order valence-corrected chi connectivity index (χ2v) is 8.07. The number of carbonyl (C=O) groups excluding carboxylic acids is 1. The Kier molecular flexibility index (Phi) is 10.6. The molecule has 1 saturated heterocycles. The van der Waals surface area contributed by atoms with Crippen molar-refractivity contribution in [2.45, 2.75) is 92.4 Å². The van der Waals surface area contributed by atoms with Crippen LogP contribution >= 0.6 is 0 Å². The van der Waals surface area contributed by atoms with Crippen molar-refractivity contribution in [3.63, 3.8) is 0 Å². The zero-order valence-electron chi connectivity index (χ0n) is 17.9. The number of aryl methyl sites for hydroxylation is 1. The summed E-state index contributed by atoms with van der Waals surface area (Å²) in [7, 11) is 0. The molecule has 0 N–H and O–H groups in total. The van der Waals surface area contributed by atoms with Crippen LogP contribution in [0.5, 0.6) is 0 Å². The summed E-state index contributed by atoms with van der Waals surface area (Å²) < 4.78 is 0. The highest BCUT2D eigenvalue weighted by Crippen LogP contribution is 2.34. The Balaban J connectivity index is 0.000000487. The van der Waals surface area contributed by atoms with Gasteiger partial charge in [0.1, 0.15) is 0 Å². The molecule has 1 heterocycles. The topological polar surface area (TPSA) is 20.3 Å². The van der Waals surface area contributed by atoms with Crippen molar-refractivity contribution in [2.75, 3.05) is 13.1 Å². The lowest BCUT2D eigenvalue weighted by Gasteiger charge is -2.26. The molecule has 2 rings (SSSR count). The van der Waals surface area contributed by atoms with Gasteiger partial charge >= 0.3 is 0 Å². The predicted molar refractivity (Wildman–Crippen MR) is 114 cm³/mol. The number of hydrogen-bond donors (Lipinski definition) is 0. The van der Waals surface area contributed by atoms with E-state index in [0.29, 0.717) is 5.41 Å². The summed E-state index contributed by atoms with van der Waals surface area (Å²) in [5.74, 6) is 0.202. The van der Waals surface area contributed by atoms with Gasteiger partial charge in [-0.15, -0.1) is 0 Å². The largest absolute Gasteiger partial charge is 0.339 e. The Bertz CT molecular complexity index is 503. The van der Waals surface area contributed by atoms with Crippen LogP contribution in [0.2, 0.25) is 0 Å². The first-order valence-corrected chi connectivity index (χ1v) is 10.9. The number of benzene rings is 1. The van der Waals surface area contributed by atoms with Crippen LogP contribution < -0.4 is 0 Å².